The van der Waals surface area contributed by atoms with Gasteiger partial charge in [0.05, 0.1) is 17.5 Å². The molecule has 0 radical (unpaired) electrons. The molecule has 3 rings (SSSR count). The SMILES string of the molecule is CC[C@@H](N)c1cncn1CCc1cccc2cccnc12. The number of pyridine rings is 1. The van der Waals surface area contributed by atoms with Crippen molar-refractivity contribution in [3.05, 3.63) is 60.3 Å². The molecule has 0 amide bonds. The predicted molar refractivity (Wildman–Crippen MR) is 84.9 cm³/mol. The van der Waals surface area contributed by atoms with E-state index >= 15 is 0 Å². The van der Waals surface area contributed by atoms with Crippen molar-refractivity contribution in [3.8, 4) is 0 Å². The molecule has 4 heteroatoms. The van der Waals surface area contributed by atoms with Gasteiger partial charge in [-0.15, -0.1) is 0 Å². The number of hydrogen-bond acceptors (Lipinski definition) is 3. The van der Waals surface area contributed by atoms with Crippen molar-refractivity contribution in [2.45, 2.75) is 32.4 Å². The van der Waals surface area contributed by atoms with Crippen LogP contribution in [0, 0.1) is 0 Å². The summed E-state index contributed by atoms with van der Waals surface area (Å²) in [6.07, 6.45) is 7.43. The minimum absolute atomic E-state index is 0.0538. The standard InChI is InChI=1S/C17H20N4/c1-2-15(18)16-11-19-12-21(16)10-8-14-6-3-5-13-7-4-9-20-17(13)14/h3-7,9,11-12,15H,2,8,10,18H2,1H3/t15-/m1/s1. The Kier molecular flexibility index (Phi) is 3.97. The van der Waals surface area contributed by atoms with Crippen LogP contribution in [0.4, 0.5) is 0 Å². The summed E-state index contributed by atoms with van der Waals surface area (Å²) in [4.78, 5) is 8.74. The molecule has 21 heavy (non-hydrogen) atoms. The molecule has 0 saturated heterocycles. The van der Waals surface area contributed by atoms with Crippen molar-refractivity contribution >= 4 is 10.9 Å². The molecule has 1 aromatic carbocycles. The Balaban J connectivity index is 1.83. The Bertz CT molecular complexity index is 727. The smallest absolute Gasteiger partial charge is 0.0948 e. The number of imidazole rings is 1. The third-order valence-electron chi connectivity index (χ3n) is 3.90. The maximum atomic E-state index is 6.13. The maximum Gasteiger partial charge on any atom is 0.0948 e. The first kappa shape index (κ1) is 13.8. The topological polar surface area (TPSA) is 56.7 Å². The first-order valence-corrected chi connectivity index (χ1v) is 7.38. The van der Waals surface area contributed by atoms with Gasteiger partial charge < -0.3 is 10.3 Å². The van der Waals surface area contributed by atoms with Crippen molar-refractivity contribution in [1.82, 2.24) is 14.5 Å². The van der Waals surface area contributed by atoms with Crippen molar-refractivity contribution in [3.63, 3.8) is 0 Å². The van der Waals surface area contributed by atoms with Crippen LogP contribution in [-0.4, -0.2) is 14.5 Å². The summed E-state index contributed by atoms with van der Waals surface area (Å²) < 4.78 is 2.15. The molecule has 3 aromatic rings. The molecule has 2 N–H and O–H groups in total. The van der Waals surface area contributed by atoms with E-state index in [1.807, 2.05) is 24.8 Å². The number of hydrogen-bond donors (Lipinski definition) is 1. The van der Waals surface area contributed by atoms with Gasteiger partial charge in [-0.1, -0.05) is 31.2 Å². The molecule has 0 saturated carbocycles. The molecule has 0 aliphatic heterocycles. The zero-order valence-electron chi connectivity index (χ0n) is 12.2. The van der Waals surface area contributed by atoms with Gasteiger partial charge in [0.2, 0.25) is 0 Å². The van der Waals surface area contributed by atoms with E-state index in [1.54, 1.807) is 0 Å². The van der Waals surface area contributed by atoms with Crippen molar-refractivity contribution in [2.75, 3.05) is 0 Å². The normalized spacial score (nSPS) is 12.7. The lowest BCUT2D eigenvalue weighted by Crippen LogP contribution is -2.15. The molecule has 0 aliphatic rings. The lowest BCUT2D eigenvalue weighted by Gasteiger charge is -2.13. The summed E-state index contributed by atoms with van der Waals surface area (Å²) in [5.41, 5.74) is 9.57. The quantitative estimate of drug-likeness (QED) is 0.781. The van der Waals surface area contributed by atoms with E-state index in [0.717, 1.165) is 30.6 Å². The van der Waals surface area contributed by atoms with Gasteiger partial charge in [0, 0.05) is 30.4 Å². The number of aryl methyl sites for hydroxylation is 2. The Morgan fingerprint density at radius 3 is 2.95 bits per heavy atom. The predicted octanol–water partition coefficient (Wildman–Crippen LogP) is 3.08. The van der Waals surface area contributed by atoms with Crippen LogP contribution in [0.3, 0.4) is 0 Å². The average molecular weight is 280 g/mol. The van der Waals surface area contributed by atoms with Crippen molar-refractivity contribution in [1.29, 1.82) is 0 Å². The summed E-state index contributed by atoms with van der Waals surface area (Å²) in [5, 5.41) is 1.19. The number of nitrogens with two attached hydrogens (primary N) is 1. The Hall–Kier alpha value is -2.20. The highest BCUT2D eigenvalue weighted by molar-refractivity contribution is 5.81. The van der Waals surface area contributed by atoms with E-state index in [9.17, 15) is 0 Å². The van der Waals surface area contributed by atoms with Crippen LogP contribution in [0.5, 0.6) is 0 Å². The summed E-state index contributed by atoms with van der Waals surface area (Å²) in [7, 11) is 0. The Labute approximate surface area is 124 Å². The fraction of sp³-hybridized carbons (Fsp3) is 0.294. The lowest BCUT2D eigenvalue weighted by molar-refractivity contribution is 0.589. The molecule has 2 aromatic heterocycles. The molecule has 0 spiro atoms. The average Bonchev–Trinajstić information content (AvgIpc) is 3.00. The summed E-state index contributed by atoms with van der Waals surface area (Å²) in [5.74, 6) is 0. The third-order valence-corrected chi connectivity index (χ3v) is 3.90. The van der Waals surface area contributed by atoms with Crippen LogP contribution in [0.15, 0.2) is 49.1 Å². The summed E-state index contributed by atoms with van der Waals surface area (Å²) in [6, 6.07) is 10.5. The van der Waals surface area contributed by atoms with Crippen molar-refractivity contribution in [2.24, 2.45) is 5.73 Å². The van der Waals surface area contributed by atoms with Gasteiger partial charge in [-0.2, -0.15) is 0 Å². The van der Waals surface area contributed by atoms with E-state index in [4.69, 9.17) is 5.73 Å². The van der Waals surface area contributed by atoms with E-state index in [-0.39, 0.29) is 6.04 Å². The highest BCUT2D eigenvalue weighted by Crippen LogP contribution is 2.18. The van der Waals surface area contributed by atoms with E-state index in [1.165, 1.54) is 10.9 Å². The molecule has 0 aliphatic carbocycles. The van der Waals surface area contributed by atoms with Gasteiger partial charge in [-0.25, -0.2) is 4.98 Å². The molecular weight excluding hydrogens is 260 g/mol. The van der Waals surface area contributed by atoms with E-state index in [2.05, 4.69) is 45.7 Å². The zero-order chi connectivity index (χ0) is 14.7. The Morgan fingerprint density at radius 2 is 2.10 bits per heavy atom. The highest BCUT2D eigenvalue weighted by Gasteiger charge is 2.10. The lowest BCUT2D eigenvalue weighted by atomic mass is 10.1. The first-order chi connectivity index (χ1) is 10.3. The fourth-order valence-electron chi connectivity index (χ4n) is 2.65. The number of fused-ring (bicyclic) bond motifs is 1. The second kappa shape index (κ2) is 6.06. The van der Waals surface area contributed by atoms with Gasteiger partial charge in [0.25, 0.3) is 0 Å². The molecule has 0 bridgehead atoms. The second-order valence-corrected chi connectivity index (χ2v) is 5.27. The second-order valence-electron chi connectivity index (χ2n) is 5.27. The molecule has 2 heterocycles. The van der Waals surface area contributed by atoms with Gasteiger partial charge in [0.15, 0.2) is 0 Å². The summed E-state index contributed by atoms with van der Waals surface area (Å²) in [6.45, 7) is 2.97. The fourth-order valence-corrected chi connectivity index (χ4v) is 2.65. The molecule has 108 valence electrons. The first-order valence-electron chi connectivity index (χ1n) is 7.38. The molecular formula is C17H20N4. The van der Waals surface area contributed by atoms with Crippen LogP contribution < -0.4 is 5.73 Å². The number of rotatable bonds is 5. The molecule has 1 atom stereocenters. The monoisotopic (exact) mass is 280 g/mol. The molecule has 4 nitrogen and oxygen atoms in total. The van der Waals surface area contributed by atoms with Crippen molar-refractivity contribution < 1.29 is 0 Å². The third kappa shape index (κ3) is 2.81. The van der Waals surface area contributed by atoms with Crippen LogP contribution in [0.25, 0.3) is 10.9 Å². The van der Waals surface area contributed by atoms with Crippen LogP contribution in [0.1, 0.15) is 30.6 Å². The minimum atomic E-state index is 0.0538. The number of nitrogens with zero attached hydrogens (tertiary/aromatic N) is 3. The largest absolute Gasteiger partial charge is 0.333 e. The minimum Gasteiger partial charge on any atom is -0.333 e. The zero-order valence-corrected chi connectivity index (χ0v) is 12.2. The number of aromatic nitrogens is 3. The van der Waals surface area contributed by atoms with E-state index in [0.29, 0.717) is 0 Å². The summed E-state index contributed by atoms with van der Waals surface area (Å²) >= 11 is 0. The highest BCUT2D eigenvalue weighted by atomic mass is 15.1. The van der Waals surface area contributed by atoms with Crippen LogP contribution in [0.2, 0.25) is 0 Å². The van der Waals surface area contributed by atoms with Gasteiger partial charge in [0.1, 0.15) is 0 Å². The molecule has 0 unspecified atom stereocenters. The van der Waals surface area contributed by atoms with Gasteiger partial charge in [-0.05, 0) is 24.5 Å². The van der Waals surface area contributed by atoms with Crippen LogP contribution in [-0.2, 0) is 13.0 Å². The van der Waals surface area contributed by atoms with Gasteiger partial charge in [-0.3, -0.25) is 4.98 Å². The van der Waals surface area contributed by atoms with Crippen LogP contribution >= 0.6 is 0 Å². The number of benzene rings is 1. The van der Waals surface area contributed by atoms with E-state index < -0.39 is 0 Å². The molecule has 0 fully saturated rings. The number of para-hydroxylation sites is 1. The van der Waals surface area contributed by atoms with Gasteiger partial charge >= 0.3 is 0 Å². The maximum absolute atomic E-state index is 6.13. The Morgan fingerprint density at radius 1 is 1.24 bits per heavy atom.